The van der Waals surface area contributed by atoms with Crippen molar-refractivity contribution < 1.29 is 32.2 Å². The number of carbonyl (C=O) groups excluding carboxylic acids is 2. The first-order valence-electron chi connectivity index (χ1n) is 11.0. The molecule has 0 spiro atoms. The molecule has 3 aromatic carbocycles. The molecule has 3 aromatic rings. The van der Waals surface area contributed by atoms with Crippen molar-refractivity contribution in [2.45, 2.75) is 11.3 Å². The Kier molecular flexibility index (Phi) is 9.04. The quantitative estimate of drug-likeness (QED) is 0.392. The minimum atomic E-state index is -4.10. The van der Waals surface area contributed by atoms with Crippen LogP contribution < -0.4 is 14.8 Å². The second-order valence-electron chi connectivity index (χ2n) is 7.68. The molecular formula is C26H28N2O7S. The van der Waals surface area contributed by atoms with Crippen LogP contribution in [0.2, 0.25) is 0 Å². The van der Waals surface area contributed by atoms with Crippen LogP contribution in [0.4, 0.5) is 5.69 Å². The summed E-state index contributed by atoms with van der Waals surface area (Å²) in [5.41, 5.74) is 1.30. The number of para-hydroxylation sites is 1. The number of amides is 1. The van der Waals surface area contributed by atoms with Crippen molar-refractivity contribution in [2.24, 2.45) is 0 Å². The van der Waals surface area contributed by atoms with Crippen molar-refractivity contribution in [2.75, 3.05) is 39.7 Å². The van der Waals surface area contributed by atoms with Crippen LogP contribution in [0.3, 0.4) is 0 Å². The van der Waals surface area contributed by atoms with Crippen molar-refractivity contribution in [1.82, 2.24) is 4.31 Å². The number of nitrogens with zero attached hydrogens (tertiary/aromatic N) is 1. The molecule has 0 fully saturated rings. The first kappa shape index (κ1) is 26.7. The van der Waals surface area contributed by atoms with Crippen LogP contribution in [0, 0.1) is 0 Å². The average Bonchev–Trinajstić information content (AvgIpc) is 2.90. The predicted molar refractivity (Wildman–Crippen MR) is 135 cm³/mol. The number of methoxy groups -OCH3 is 3. The number of hydrogen-bond acceptors (Lipinski definition) is 7. The van der Waals surface area contributed by atoms with Gasteiger partial charge in [0, 0.05) is 12.6 Å². The lowest BCUT2D eigenvalue weighted by Crippen LogP contribution is -2.39. The highest BCUT2D eigenvalue weighted by atomic mass is 32.2. The van der Waals surface area contributed by atoms with Crippen LogP contribution >= 0.6 is 0 Å². The van der Waals surface area contributed by atoms with E-state index in [1.807, 2.05) is 30.3 Å². The first-order valence-corrected chi connectivity index (χ1v) is 12.5. The van der Waals surface area contributed by atoms with Gasteiger partial charge in [-0.25, -0.2) is 13.2 Å². The molecule has 3 rings (SSSR count). The summed E-state index contributed by atoms with van der Waals surface area (Å²) in [6.07, 6.45) is 0.388. The molecule has 9 nitrogen and oxygen atoms in total. The van der Waals surface area contributed by atoms with Crippen LogP contribution in [0.15, 0.2) is 77.7 Å². The number of benzene rings is 3. The van der Waals surface area contributed by atoms with Gasteiger partial charge in [0.15, 0.2) is 11.5 Å². The fourth-order valence-electron chi connectivity index (χ4n) is 3.54. The van der Waals surface area contributed by atoms with E-state index < -0.39 is 28.4 Å². The molecule has 0 radical (unpaired) electrons. The summed E-state index contributed by atoms with van der Waals surface area (Å²) in [6.45, 7) is -0.425. The third-order valence-electron chi connectivity index (χ3n) is 5.41. The monoisotopic (exact) mass is 512 g/mol. The predicted octanol–water partition coefficient (Wildman–Crippen LogP) is 3.36. The van der Waals surface area contributed by atoms with Gasteiger partial charge < -0.3 is 19.5 Å². The standard InChI is InChI=1S/C26H28N2O7S/c1-33-23-14-13-20(17-24(23)34-2)36(31,32)28(16-15-19-9-5-4-6-10-19)18-25(29)27-22-12-8-7-11-21(22)26(30)35-3/h4-14,17H,15-16,18H2,1-3H3,(H,27,29). The molecule has 1 amide bonds. The van der Waals surface area contributed by atoms with E-state index in [1.165, 1.54) is 45.6 Å². The number of rotatable bonds is 11. The molecular weight excluding hydrogens is 484 g/mol. The molecule has 36 heavy (non-hydrogen) atoms. The van der Waals surface area contributed by atoms with E-state index in [-0.39, 0.29) is 28.4 Å². The third kappa shape index (κ3) is 6.41. The number of ether oxygens (including phenoxy) is 3. The van der Waals surface area contributed by atoms with Gasteiger partial charge in [-0.05, 0) is 36.2 Å². The van der Waals surface area contributed by atoms with Crippen LogP contribution in [0.25, 0.3) is 0 Å². The first-order chi connectivity index (χ1) is 17.3. The lowest BCUT2D eigenvalue weighted by molar-refractivity contribution is -0.116. The minimum Gasteiger partial charge on any atom is -0.493 e. The smallest absolute Gasteiger partial charge is 0.339 e. The second kappa shape index (κ2) is 12.2. The topological polar surface area (TPSA) is 111 Å². The summed E-state index contributed by atoms with van der Waals surface area (Å²) in [5.74, 6) is -0.601. The summed E-state index contributed by atoms with van der Waals surface area (Å²) >= 11 is 0. The fourth-order valence-corrected chi connectivity index (χ4v) is 4.95. The number of carbonyl (C=O) groups is 2. The van der Waals surface area contributed by atoms with Crippen LogP contribution in [-0.4, -0.2) is 59.0 Å². The van der Waals surface area contributed by atoms with Crippen molar-refractivity contribution in [3.05, 3.63) is 83.9 Å². The lowest BCUT2D eigenvalue weighted by Gasteiger charge is -2.23. The van der Waals surface area contributed by atoms with E-state index >= 15 is 0 Å². The molecule has 0 aliphatic heterocycles. The molecule has 0 saturated carbocycles. The van der Waals surface area contributed by atoms with Gasteiger partial charge in [-0.15, -0.1) is 0 Å². The summed E-state index contributed by atoms with van der Waals surface area (Å²) in [5, 5.41) is 2.63. The maximum atomic E-state index is 13.6. The Morgan fingerprint density at radius 2 is 1.53 bits per heavy atom. The molecule has 0 aliphatic carbocycles. The zero-order valence-electron chi connectivity index (χ0n) is 20.3. The molecule has 0 bridgehead atoms. The highest BCUT2D eigenvalue weighted by Crippen LogP contribution is 2.30. The van der Waals surface area contributed by atoms with Gasteiger partial charge >= 0.3 is 5.97 Å². The Morgan fingerprint density at radius 3 is 2.19 bits per heavy atom. The summed E-state index contributed by atoms with van der Waals surface area (Å²) in [4.78, 5) is 25.0. The van der Waals surface area contributed by atoms with Gasteiger partial charge in [0.25, 0.3) is 0 Å². The van der Waals surface area contributed by atoms with Crippen LogP contribution in [0.1, 0.15) is 15.9 Å². The van der Waals surface area contributed by atoms with Crippen LogP contribution in [-0.2, 0) is 26.0 Å². The molecule has 0 saturated heterocycles. The molecule has 190 valence electrons. The number of nitrogens with one attached hydrogen (secondary N) is 1. The average molecular weight is 513 g/mol. The molecule has 0 heterocycles. The van der Waals surface area contributed by atoms with Gasteiger partial charge in [-0.2, -0.15) is 4.31 Å². The largest absolute Gasteiger partial charge is 0.493 e. The van der Waals surface area contributed by atoms with E-state index in [9.17, 15) is 18.0 Å². The highest BCUT2D eigenvalue weighted by Gasteiger charge is 2.28. The minimum absolute atomic E-state index is 0.0454. The fraction of sp³-hybridized carbons (Fsp3) is 0.231. The van der Waals surface area contributed by atoms with Crippen molar-refractivity contribution in [3.8, 4) is 11.5 Å². The Labute approximate surface area is 210 Å². The van der Waals surface area contributed by atoms with E-state index in [1.54, 1.807) is 18.2 Å². The lowest BCUT2D eigenvalue weighted by atomic mass is 10.1. The number of sulfonamides is 1. The number of hydrogen-bond donors (Lipinski definition) is 1. The summed E-state index contributed by atoms with van der Waals surface area (Å²) in [7, 11) is -0.000480. The second-order valence-corrected chi connectivity index (χ2v) is 9.61. The Hall–Kier alpha value is -3.89. The van der Waals surface area contributed by atoms with E-state index in [2.05, 4.69) is 5.32 Å². The summed E-state index contributed by atoms with van der Waals surface area (Å²) < 4.78 is 43.5. The highest BCUT2D eigenvalue weighted by molar-refractivity contribution is 7.89. The maximum absolute atomic E-state index is 13.6. The zero-order chi connectivity index (χ0) is 26.1. The van der Waals surface area contributed by atoms with E-state index in [4.69, 9.17) is 14.2 Å². The normalized spacial score (nSPS) is 11.1. The van der Waals surface area contributed by atoms with Gasteiger partial charge in [0.1, 0.15) is 0 Å². The summed E-state index contributed by atoms with van der Waals surface area (Å²) in [6, 6.07) is 19.9. The molecule has 1 N–H and O–H groups in total. The maximum Gasteiger partial charge on any atom is 0.339 e. The SMILES string of the molecule is COC(=O)c1ccccc1NC(=O)CN(CCc1ccccc1)S(=O)(=O)c1ccc(OC)c(OC)c1. The third-order valence-corrected chi connectivity index (χ3v) is 7.25. The van der Waals surface area contributed by atoms with Gasteiger partial charge in [-0.1, -0.05) is 42.5 Å². The van der Waals surface area contributed by atoms with Gasteiger partial charge in [0.05, 0.1) is 44.0 Å². The molecule has 0 aromatic heterocycles. The van der Waals surface area contributed by atoms with E-state index in [0.29, 0.717) is 12.2 Å². The molecule has 0 unspecified atom stereocenters. The number of anilines is 1. The van der Waals surface area contributed by atoms with Crippen molar-refractivity contribution in [3.63, 3.8) is 0 Å². The Bertz CT molecular complexity index is 1310. The van der Waals surface area contributed by atoms with E-state index in [0.717, 1.165) is 9.87 Å². The number of esters is 1. The molecule has 0 atom stereocenters. The van der Waals surface area contributed by atoms with Gasteiger partial charge in [0.2, 0.25) is 15.9 Å². The van der Waals surface area contributed by atoms with Gasteiger partial charge in [-0.3, -0.25) is 4.79 Å². The van der Waals surface area contributed by atoms with Crippen LogP contribution in [0.5, 0.6) is 11.5 Å². The van der Waals surface area contributed by atoms with Crippen molar-refractivity contribution >= 4 is 27.6 Å². The Balaban J connectivity index is 1.90. The molecule has 10 heteroatoms. The molecule has 0 aliphatic rings. The Morgan fingerprint density at radius 1 is 0.861 bits per heavy atom. The zero-order valence-corrected chi connectivity index (χ0v) is 21.1. The van der Waals surface area contributed by atoms with Crippen molar-refractivity contribution in [1.29, 1.82) is 0 Å².